The van der Waals surface area contributed by atoms with Gasteiger partial charge >= 0.3 is 0 Å². The topological polar surface area (TPSA) is 28.2 Å². The van der Waals surface area contributed by atoms with Crippen molar-refractivity contribution in [3.05, 3.63) is 40.1 Å². The number of anilines is 2. The zero-order chi connectivity index (χ0) is 14.5. The van der Waals surface area contributed by atoms with Gasteiger partial charge in [0.2, 0.25) is 0 Å². The second-order valence-electron chi connectivity index (χ2n) is 4.29. The van der Waals surface area contributed by atoms with Crippen molar-refractivity contribution >= 4 is 33.8 Å². The number of hydrogen-bond acceptors (Lipinski definition) is 4. The second kappa shape index (κ2) is 6.90. The summed E-state index contributed by atoms with van der Waals surface area (Å²) in [6, 6.07) is 4.42. The van der Waals surface area contributed by atoms with Crippen molar-refractivity contribution in [2.45, 2.75) is 20.4 Å². The van der Waals surface area contributed by atoms with Crippen LogP contribution in [0, 0.1) is 5.82 Å². The zero-order valence-electron chi connectivity index (χ0n) is 11.5. The molecule has 0 spiro atoms. The molecule has 0 atom stereocenters. The molecule has 6 heteroatoms. The van der Waals surface area contributed by atoms with E-state index in [0.29, 0.717) is 17.3 Å². The Balaban J connectivity index is 2.00. The lowest BCUT2D eigenvalue weighted by atomic mass is 10.3. The molecule has 0 aliphatic carbocycles. The minimum atomic E-state index is -0.340. The maximum Gasteiger partial charge on any atom is 0.185 e. The van der Waals surface area contributed by atoms with Crippen molar-refractivity contribution in [2.24, 2.45) is 0 Å². The Morgan fingerprint density at radius 1 is 1.30 bits per heavy atom. The number of benzene rings is 1. The SMILES string of the molecule is CCN(CC)c1ncc(CNc2cc(F)cc(Cl)c2)s1. The number of halogens is 2. The van der Waals surface area contributed by atoms with Gasteiger partial charge in [-0.15, -0.1) is 11.3 Å². The molecule has 0 aliphatic heterocycles. The molecule has 0 saturated carbocycles. The van der Waals surface area contributed by atoms with Crippen molar-refractivity contribution in [3.63, 3.8) is 0 Å². The van der Waals surface area contributed by atoms with Crippen molar-refractivity contribution in [1.82, 2.24) is 4.98 Å². The van der Waals surface area contributed by atoms with Crippen molar-refractivity contribution in [3.8, 4) is 0 Å². The number of hydrogen-bond donors (Lipinski definition) is 1. The summed E-state index contributed by atoms with van der Waals surface area (Å²) in [5.74, 6) is -0.340. The van der Waals surface area contributed by atoms with Gasteiger partial charge in [0.25, 0.3) is 0 Å². The van der Waals surface area contributed by atoms with Crippen LogP contribution in [0.1, 0.15) is 18.7 Å². The molecule has 2 aromatic rings. The summed E-state index contributed by atoms with van der Waals surface area (Å²) in [5.41, 5.74) is 0.674. The normalized spacial score (nSPS) is 10.6. The Hall–Kier alpha value is -1.33. The third-order valence-corrected chi connectivity index (χ3v) is 4.18. The molecule has 1 aromatic heterocycles. The Labute approximate surface area is 127 Å². The third-order valence-electron chi connectivity index (χ3n) is 2.90. The van der Waals surface area contributed by atoms with Crippen LogP contribution in [-0.2, 0) is 6.54 Å². The Morgan fingerprint density at radius 2 is 2.05 bits per heavy atom. The zero-order valence-corrected chi connectivity index (χ0v) is 13.1. The van der Waals surface area contributed by atoms with Gasteiger partial charge in [0, 0.05) is 34.9 Å². The molecule has 20 heavy (non-hydrogen) atoms. The van der Waals surface area contributed by atoms with Gasteiger partial charge in [-0.1, -0.05) is 11.6 Å². The summed E-state index contributed by atoms with van der Waals surface area (Å²) < 4.78 is 13.2. The van der Waals surface area contributed by atoms with Crippen molar-refractivity contribution in [1.29, 1.82) is 0 Å². The molecular weight excluding hydrogens is 297 g/mol. The van der Waals surface area contributed by atoms with Crippen LogP contribution < -0.4 is 10.2 Å². The molecule has 1 heterocycles. The molecule has 0 fully saturated rings. The average Bonchev–Trinajstić information content (AvgIpc) is 2.86. The van der Waals surface area contributed by atoms with E-state index in [1.165, 1.54) is 12.1 Å². The van der Waals surface area contributed by atoms with Crippen LogP contribution in [-0.4, -0.2) is 18.1 Å². The molecule has 2 rings (SSSR count). The van der Waals surface area contributed by atoms with E-state index in [1.807, 2.05) is 6.20 Å². The van der Waals surface area contributed by atoms with E-state index in [0.717, 1.165) is 23.1 Å². The number of rotatable bonds is 6. The first-order valence-corrected chi connectivity index (χ1v) is 7.71. The molecule has 108 valence electrons. The predicted octanol–water partition coefficient (Wildman–Crippen LogP) is 4.39. The fourth-order valence-electron chi connectivity index (χ4n) is 1.86. The lowest BCUT2D eigenvalue weighted by molar-refractivity contribution is 0.628. The van der Waals surface area contributed by atoms with E-state index < -0.39 is 0 Å². The highest BCUT2D eigenvalue weighted by Crippen LogP contribution is 2.24. The fraction of sp³-hybridized carbons (Fsp3) is 0.357. The average molecular weight is 314 g/mol. The smallest absolute Gasteiger partial charge is 0.185 e. The molecule has 0 unspecified atom stereocenters. The maximum absolute atomic E-state index is 13.2. The van der Waals surface area contributed by atoms with Gasteiger partial charge in [-0.25, -0.2) is 9.37 Å². The van der Waals surface area contributed by atoms with Crippen molar-refractivity contribution < 1.29 is 4.39 Å². The summed E-state index contributed by atoms with van der Waals surface area (Å²) in [6.07, 6.45) is 1.85. The van der Waals surface area contributed by atoms with Gasteiger partial charge in [-0.3, -0.25) is 0 Å². The highest BCUT2D eigenvalue weighted by molar-refractivity contribution is 7.15. The number of thiazole rings is 1. The first-order valence-electron chi connectivity index (χ1n) is 6.52. The Bertz CT molecular complexity index is 549. The summed E-state index contributed by atoms with van der Waals surface area (Å²) in [6.45, 7) is 6.71. The van der Waals surface area contributed by atoms with Crippen LogP contribution in [0.25, 0.3) is 0 Å². The van der Waals surface area contributed by atoms with E-state index in [2.05, 4.69) is 29.0 Å². The number of nitrogens with zero attached hydrogens (tertiary/aromatic N) is 2. The van der Waals surface area contributed by atoms with Crippen LogP contribution in [0.5, 0.6) is 0 Å². The third kappa shape index (κ3) is 3.84. The van der Waals surface area contributed by atoms with E-state index in [4.69, 9.17) is 11.6 Å². The molecule has 1 aromatic carbocycles. The second-order valence-corrected chi connectivity index (χ2v) is 5.82. The molecule has 3 nitrogen and oxygen atoms in total. The maximum atomic E-state index is 13.2. The molecule has 0 saturated heterocycles. The molecular formula is C14H17ClFN3S. The molecule has 0 aliphatic rings. The fourth-order valence-corrected chi connectivity index (χ4v) is 3.06. The molecule has 0 radical (unpaired) electrons. The number of nitrogens with one attached hydrogen (secondary N) is 1. The lowest BCUT2D eigenvalue weighted by Crippen LogP contribution is -2.21. The highest BCUT2D eigenvalue weighted by atomic mass is 35.5. The lowest BCUT2D eigenvalue weighted by Gasteiger charge is -2.16. The first kappa shape index (κ1) is 15.1. The Kier molecular flexibility index (Phi) is 5.20. The predicted molar refractivity (Wildman–Crippen MR) is 84.4 cm³/mol. The first-order chi connectivity index (χ1) is 9.62. The van der Waals surface area contributed by atoms with Gasteiger partial charge in [0.15, 0.2) is 5.13 Å². The largest absolute Gasteiger partial charge is 0.380 e. The monoisotopic (exact) mass is 313 g/mol. The van der Waals surface area contributed by atoms with Gasteiger partial charge in [0.1, 0.15) is 5.82 Å². The standard InChI is InChI=1S/C14H17ClFN3S/c1-3-19(4-2)14-18-9-13(20-14)8-17-12-6-10(15)5-11(16)7-12/h5-7,9,17H,3-4,8H2,1-2H3. The van der Waals surface area contributed by atoms with Crippen LogP contribution in [0.15, 0.2) is 24.4 Å². The van der Waals surface area contributed by atoms with Crippen LogP contribution in [0.2, 0.25) is 5.02 Å². The summed E-state index contributed by atoms with van der Waals surface area (Å²) in [5, 5.41) is 4.57. The van der Waals surface area contributed by atoms with E-state index in [9.17, 15) is 4.39 Å². The van der Waals surface area contributed by atoms with Gasteiger partial charge in [0.05, 0.1) is 6.54 Å². The minimum absolute atomic E-state index is 0.340. The summed E-state index contributed by atoms with van der Waals surface area (Å²) in [4.78, 5) is 7.72. The van der Waals surface area contributed by atoms with Gasteiger partial charge < -0.3 is 10.2 Å². The van der Waals surface area contributed by atoms with E-state index >= 15 is 0 Å². The van der Waals surface area contributed by atoms with Gasteiger partial charge in [-0.05, 0) is 32.0 Å². The quantitative estimate of drug-likeness (QED) is 0.857. The van der Waals surface area contributed by atoms with Crippen LogP contribution in [0.3, 0.4) is 0 Å². The summed E-state index contributed by atoms with van der Waals surface area (Å²) >= 11 is 7.46. The highest BCUT2D eigenvalue weighted by Gasteiger charge is 2.07. The van der Waals surface area contributed by atoms with E-state index in [-0.39, 0.29) is 5.82 Å². The minimum Gasteiger partial charge on any atom is -0.380 e. The van der Waals surface area contributed by atoms with Crippen molar-refractivity contribution in [2.75, 3.05) is 23.3 Å². The van der Waals surface area contributed by atoms with Crippen LogP contribution >= 0.6 is 22.9 Å². The Morgan fingerprint density at radius 3 is 2.70 bits per heavy atom. The number of aromatic nitrogens is 1. The van der Waals surface area contributed by atoms with Gasteiger partial charge in [-0.2, -0.15) is 0 Å². The molecule has 0 bridgehead atoms. The molecule has 1 N–H and O–H groups in total. The van der Waals surface area contributed by atoms with E-state index in [1.54, 1.807) is 17.4 Å². The summed E-state index contributed by atoms with van der Waals surface area (Å²) in [7, 11) is 0. The van der Waals surface area contributed by atoms with Crippen LogP contribution in [0.4, 0.5) is 15.2 Å². The molecule has 0 amide bonds.